The summed E-state index contributed by atoms with van der Waals surface area (Å²) in [6, 6.07) is 5.74. The molecular weight excluding hydrogens is 306 g/mol. The summed E-state index contributed by atoms with van der Waals surface area (Å²) in [5.41, 5.74) is 1.78. The van der Waals surface area contributed by atoms with Crippen molar-refractivity contribution < 1.29 is 9.53 Å². The highest BCUT2D eigenvalue weighted by Crippen LogP contribution is 2.15. The van der Waals surface area contributed by atoms with Crippen molar-refractivity contribution in [3.8, 4) is 0 Å². The number of aryl methyl sites for hydroxylation is 1. The number of hydrogen-bond donors (Lipinski definition) is 1. The number of anilines is 1. The van der Waals surface area contributed by atoms with Gasteiger partial charge >= 0.3 is 0 Å². The Morgan fingerprint density at radius 1 is 1.38 bits per heavy atom. The minimum Gasteiger partial charge on any atom is -0.375 e. The summed E-state index contributed by atoms with van der Waals surface area (Å²) < 4.78 is 5.82. The van der Waals surface area contributed by atoms with Crippen molar-refractivity contribution in [1.29, 1.82) is 0 Å². The molecule has 2 aromatic heterocycles. The van der Waals surface area contributed by atoms with Gasteiger partial charge in [0.05, 0.1) is 30.7 Å². The van der Waals surface area contributed by atoms with Gasteiger partial charge in [0, 0.05) is 26.3 Å². The lowest BCUT2D eigenvalue weighted by Gasteiger charge is -2.33. The molecule has 24 heavy (non-hydrogen) atoms. The van der Waals surface area contributed by atoms with E-state index in [9.17, 15) is 4.79 Å². The molecule has 1 N–H and O–H groups in total. The van der Waals surface area contributed by atoms with Gasteiger partial charge in [-0.1, -0.05) is 0 Å². The fraction of sp³-hybridized carbons (Fsp3) is 0.412. The Hall–Kier alpha value is -2.54. The number of ether oxygens (including phenoxy) is 1. The van der Waals surface area contributed by atoms with Gasteiger partial charge in [-0.15, -0.1) is 0 Å². The van der Waals surface area contributed by atoms with Crippen LogP contribution < -0.4 is 5.32 Å². The Morgan fingerprint density at radius 3 is 3.08 bits per heavy atom. The lowest BCUT2D eigenvalue weighted by atomic mass is 10.1. The molecule has 2 aromatic rings. The highest BCUT2D eigenvalue weighted by Gasteiger charge is 2.25. The normalized spacial score (nSPS) is 17.5. The van der Waals surface area contributed by atoms with Crippen LogP contribution in [-0.4, -0.2) is 58.8 Å². The maximum Gasteiger partial charge on any atom is 0.255 e. The van der Waals surface area contributed by atoms with E-state index in [1.807, 2.05) is 24.1 Å². The zero-order valence-electron chi connectivity index (χ0n) is 13.7. The number of morpholine rings is 1. The third kappa shape index (κ3) is 4.05. The first-order chi connectivity index (χ1) is 11.8. The van der Waals surface area contributed by atoms with Crippen LogP contribution in [0.25, 0.3) is 0 Å². The number of nitrogens with one attached hydrogen (secondary N) is 1. The summed E-state index contributed by atoms with van der Waals surface area (Å²) in [4.78, 5) is 18.5. The fourth-order valence-corrected chi connectivity index (χ4v) is 2.77. The molecule has 1 amide bonds. The van der Waals surface area contributed by atoms with E-state index in [4.69, 9.17) is 4.74 Å². The predicted octanol–water partition coefficient (Wildman–Crippen LogP) is 1.39. The summed E-state index contributed by atoms with van der Waals surface area (Å²) in [5, 5.41) is 10.5. The van der Waals surface area contributed by atoms with Crippen molar-refractivity contribution in [2.75, 3.05) is 32.1 Å². The number of aromatic nitrogens is 3. The maximum atomic E-state index is 12.5. The first-order valence-corrected chi connectivity index (χ1v) is 8.06. The minimum absolute atomic E-state index is 0.0143. The Labute approximate surface area is 141 Å². The first-order valence-electron chi connectivity index (χ1n) is 8.06. The van der Waals surface area contributed by atoms with Crippen LogP contribution in [0.2, 0.25) is 0 Å². The molecule has 0 bridgehead atoms. The van der Waals surface area contributed by atoms with E-state index in [0.717, 1.165) is 18.7 Å². The summed E-state index contributed by atoms with van der Waals surface area (Å²) in [7, 11) is 1.85. The van der Waals surface area contributed by atoms with Crippen LogP contribution in [-0.2, 0) is 11.2 Å². The van der Waals surface area contributed by atoms with Crippen molar-refractivity contribution in [3.63, 3.8) is 0 Å². The maximum absolute atomic E-state index is 12.5. The van der Waals surface area contributed by atoms with Crippen LogP contribution in [0.5, 0.6) is 0 Å². The Morgan fingerprint density at radius 2 is 2.29 bits per heavy atom. The predicted molar refractivity (Wildman–Crippen MR) is 89.8 cm³/mol. The summed E-state index contributed by atoms with van der Waals surface area (Å²) in [6.45, 7) is 1.77. The number of nitrogens with zero attached hydrogens (tertiary/aromatic N) is 4. The second-order valence-corrected chi connectivity index (χ2v) is 5.71. The number of hydrogen-bond acceptors (Lipinski definition) is 6. The molecule has 0 aliphatic carbocycles. The van der Waals surface area contributed by atoms with Gasteiger partial charge in [-0.2, -0.15) is 10.2 Å². The quantitative estimate of drug-likeness (QED) is 0.894. The molecular formula is C17H21N5O2. The van der Waals surface area contributed by atoms with Gasteiger partial charge in [0.25, 0.3) is 5.91 Å². The lowest BCUT2D eigenvalue weighted by Crippen LogP contribution is -2.45. The number of carbonyl (C=O) groups is 1. The standard InChI is InChI=1S/C17H21N5O2/c1-18-16-10-13(4-6-19-16)2-3-15-12-22(8-9-24-15)17(23)14-5-7-20-21-11-14/h4-7,10-11,15H,2-3,8-9,12H2,1H3,(H,18,19)/t15-/m0/s1. The molecule has 0 aromatic carbocycles. The number of carbonyl (C=O) groups excluding carboxylic acids is 1. The average Bonchev–Trinajstić information content (AvgIpc) is 2.67. The van der Waals surface area contributed by atoms with Gasteiger partial charge in [-0.25, -0.2) is 4.98 Å². The summed E-state index contributed by atoms with van der Waals surface area (Å²) >= 11 is 0. The van der Waals surface area contributed by atoms with Crippen LogP contribution in [0.15, 0.2) is 36.8 Å². The van der Waals surface area contributed by atoms with Gasteiger partial charge < -0.3 is 15.0 Å². The Balaban J connectivity index is 1.56. The number of pyridine rings is 1. The van der Waals surface area contributed by atoms with E-state index >= 15 is 0 Å². The second kappa shape index (κ2) is 7.83. The smallest absolute Gasteiger partial charge is 0.255 e. The SMILES string of the molecule is CNc1cc(CC[C@H]2CN(C(=O)c3ccnnc3)CCO2)ccn1. The molecule has 1 atom stereocenters. The summed E-state index contributed by atoms with van der Waals surface area (Å²) in [6.07, 6.45) is 6.64. The van der Waals surface area contributed by atoms with Gasteiger partial charge in [-0.3, -0.25) is 4.79 Å². The zero-order valence-corrected chi connectivity index (χ0v) is 13.7. The molecule has 126 valence electrons. The van der Waals surface area contributed by atoms with Crippen LogP contribution >= 0.6 is 0 Å². The van der Waals surface area contributed by atoms with Gasteiger partial charge in [0.15, 0.2) is 0 Å². The van der Waals surface area contributed by atoms with Crippen LogP contribution in [0, 0.1) is 0 Å². The third-order valence-corrected chi connectivity index (χ3v) is 4.09. The molecule has 0 radical (unpaired) electrons. The van der Waals surface area contributed by atoms with Crippen molar-refractivity contribution in [2.24, 2.45) is 0 Å². The van der Waals surface area contributed by atoms with Crippen LogP contribution in [0.3, 0.4) is 0 Å². The van der Waals surface area contributed by atoms with Crippen LogP contribution in [0.4, 0.5) is 5.82 Å². The largest absolute Gasteiger partial charge is 0.375 e. The van der Waals surface area contributed by atoms with E-state index in [1.165, 1.54) is 18.0 Å². The van der Waals surface area contributed by atoms with Crippen molar-refractivity contribution in [2.45, 2.75) is 18.9 Å². The molecule has 7 nitrogen and oxygen atoms in total. The second-order valence-electron chi connectivity index (χ2n) is 5.71. The van der Waals surface area contributed by atoms with Crippen molar-refractivity contribution >= 4 is 11.7 Å². The first kappa shape index (κ1) is 16.3. The molecule has 3 heterocycles. The molecule has 1 fully saturated rings. The molecule has 0 saturated carbocycles. The Bertz CT molecular complexity index is 680. The number of rotatable bonds is 5. The van der Waals surface area contributed by atoms with Crippen LogP contribution in [0.1, 0.15) is 22.3 Å². The average molecular weight is 327 g/mol. The molecule has 1 saturated heterocycles. The fourth-order valence-electron chi connectivity index (χ4n) is 2.77. The van der Waals surface area contributed by atoms with E-state index in [-0.39, 0.29) is 12.0 Å². The van der Waals surface area contributed by atoms with E-state index < -0.39 is 0 Å². The highest BCUT2D eigenvalue weighted by atomic mass is 16.5. The molecule has 0 unspecified atom stereocenters. The molecule has 7 heteroatoms. The van der Waals surface area contributed by atoms with Gasteiger partial charge in [-0.05, 0) is 36.6 Å². The minimum atomic E-state index is -0.0143. The molecule has 3 rings (SSSR count). The van der Waals surface area contributed by atoms with E-state index in [1.54, 1.807) is 12.3 Å². The number of amides is 1. The monoisotopic (exact) mass is 327 g/mol. The van der Waals surface area contributed by atoms with Gasteiger partial charge in [0.1, 0.15) is 5.82 Å². The summed E-state index contributed by atoms with van der Waals surface area (Å²) in [5.74, 6) is 0.846. The molecule has 1 aliphatic heterocycles. The Kier molecular flexibility index (Phi) is 5.32. The zero-order chi connectivity index (χ0) is 16.8. The topological polar surface area (TPSA) is 80.2 Å². The van der Waals surface area contributed by atoms with Crippen molar-refractivity contribution in [3.05, 3.63) is 47.9 Å². The third-order valence-electron chi connectivity index (χ3n) is 4.09. The molecule has 1 aliphatic rings. The van der Waals surface area contributed by atoms with E-state index in [0.29, 0.717) is 25.3 Å². The molecule has 0 spiro atoms. The van der Waals surface area contributed by atoms with Gasteiger partial charge in [0.2, 0.25) is 0 Å². The van der Waals surface area contributed by atoms with Crippen molar-refractivity contribution in [1.82, 2.24) is 20.1 Å². The lowest BCUT2D eigenvalue weighted by molar-refractivity contribution is -0.0246. The van der Waals surface area contributed by atoms with E-state index in [2.05, 4.69) is 20.5 Å². The highest BCUT2D eigenvalue weighted by molar-refractivity contribution is 5.93.